The second-order valence-electron chi connectivity index (χ2n) is 3.90. The Hall–Kier alpha value is -2.10. The van der Waals surface area contributed by atoms with E-state index in [1.54, 1.807) is 0 Å². The smallest absolute Gasteiger partial charge is 0.358 e. The Morgan fingerprint density at radius 3 is 2.76 bits per heavy atom. The van der Waals surface area contributed by atoms with Crippen LogP contribution in [0.3, 0.4) is 0 Å². The first-order valence-corrected chi connectivity index (χ1v) is 5.41. The van der Waals surface area contributed by atoms with Crippen LogP contribution < -0.4 is 0 Å². The number of benzene rings is 1. The van der Waals surface area contributed by atoms with Crippen LogP contribution in [0.4, 0.5) is 0 Å². The summed E-state index contributed by atoms with van der Waals surface area (Å²) in [6, 6.07) is 7.48. The number of aromatic carboxylic acids is 1. The molecule has 0 saturated carbocycles. The fourth-order valence-corrected chi connectivity index (χ4v) is 1.73. The summed E-state index contributed by atoms with van der Waals surface area (Å²) in [6.07, 6.45) is 0.860. The van der Waals surface area contributed by atoms with Crippen molar-refractivity contribution >= 4 is 5.97 Å². The van der Waals surface area contributed by atoms with Crippen LogP contribution in [0.1, 0.15) is 28.5 Å². The average molecular weight is 231 g/mol. The quantitative estimate of drug-likeness (QED) is 0.882. The van der Waals surface area contributed by atoms with E-state index >= 15 is 0 Å². The second kappa shape index (κ2) is 4.41. The van der Waals surface area contributed by atoms with Crippen molar-refractivity contribution in [1.82, 2.24) is 5.16 Å². The molecule has 4 nitrogen and oxygen atoms in total. The van der Waals surface area contributed by atoms with Gasteiger partial charge in [-0.1, -0.05) is 29.8 Å². The van der Waals surface area contributed by atoms with Crippen LogP contribution in [0.2, 0.25) is 0 Å². The van der Waals surface area contributed by atoms with Crippen molar-refractivity contribution in [2.45, 2.75) is 20.3 Å². The monoisotopic (exact) mass is 231 g/mol. The maximum absolute atomic E-state index is 10.7. The molecule has 0 aliphatic rings. The van der Waals surface area contributed by atoms with Crippen LogP contribution >= 0.6 is 0 Å². The minimum absolute atomic E-state index is 0.0661. The highest BCUT2D eigenvalue weighted by atomic mass is 16.5. The normalized spacial score (nSPS) is 10.5. The highest BCUT2D eigenvalue weighted by Gasteiger charge is 2.14. The lowest BCUT2D eigenvalue weighted by Gasteiger charge is -2.05. The van der Waals surface area contributed by atoms with Gasteiger partial charge in [0.1, 0.15) is 0 Å². The van der Waals surface area contributed by atoms with Crippen molar-refractivity contribution in [2.75, 3.05) is 0 Å². The average Bonchev–Trinajstić information content (AvgIpc) is 2.78. The number of carboxylic acid groups (broad SMARTS) is 1. The fourth-order valence-electron chi connectivity index (χ4n) is 1.73. The molecule has 1 heterocycles. The Balaban J connectivity index is 2.51. The van der Waals surface area contributed by atoms with Crippen LogP contribution in [0, 0.1) is 6.92 Å². The Morgan fingerprint density at radius 1 is 1.41 bits per heavy atom. The molecule has 88 valence electrons. The molecule has 0 radical (unpaired) electrons. The van der Waals surface area contributed by atoms with Crippen LogP contribution in [0.5, 0.6) is 0 Å². The van der Waals surface area contributed by atoms with E-state index in [4.69, 9.17) is 9.63 Å². The number of carbonyl (C=O) groups is 1. The molecule has 0 aliphatic heterocycles. The first-order valence-electron chi connectivity index (χ1n) is 5.41. The molecular weight excluding hydrogens is 218 g/mol. The third-order valence-corrected chi connectivity index (χ3v) is 2.64. The molecular formula is C13H13NO3. The minimum Gasteiger partial charge on any atom is -0.476 e. The second-order valence-corrected chi connectivity index (χ2v) is 3.90. The Bertz CT molecular complexity index is 558. The van der Waals surface area contributed by atoms with Gasteiger partial charge in [-0.3, -0.25) is 0 Å². The molecule has 2 rings (SSSR count). The standard InChI is InChI=1S/C13H13NO3/c1-3-9-5-4-8(2)6-10(9)12-7-11(13(15)16)14-17-12/h4-7H,3H2,1-2H3,(H,15,16). The van der Waals surface area contributed by atoms with Crippen LogP contribution in [0.25, 0.3) is 11.3 Å². The van der Waals surface area contributed by atoms with Crippen LogP contribution in [0.15, 0.2) is 28.8 Å². The van der Waals surface area contributed by atoms with Gasteiger partial charge < -0.3 is 9.63 Å². The van der Waals surface area contributed by atoms with E-state index in [2.05, 4.69) is 5.16 Å². The summed E-state index contributed by atoms with van der Waals surface area (Å²) in [6.45, 7) is 4.03. The number of nitrogens with zero attached hydrogens (tertiary/aromatic N) is 1. The summed E-state index contributed by atoms with van der Waals surface area (Å²) < 4.78 is 5.08. The largest absolute Gasteiger partial charge is 0.476 e. The molecule has 0 saturated heterocycles. The Morgan fingerprint density at radius 2 is 2.18 bits per heavy atom. The molecule has 17 heavy (non-hydrogen) atoms. The number of hydrogen-bond acceptors (Lipinski definition) is 3. The van der Waals surface area contributed by atoms with E-state index in [1.165, 1.54) is 6.07 Å². The first kappa shape index (κ1) is 11.4. The molecule has 0 atom stereocenters. The van der Waals surface area contributed by atoms with E-state index in [9.17, 15) is 4.79 Å². The SMILES string of the molecule is CCc1ccc(C)cc1-c1cc(C(=O)O)no1. The van der Waals surface area contributed by atoms with E-state index in [0.29, 0.717) is 5.76 Å². The maximum atomic E-state index is 10.7. The predicted molar refractivity (Wildman–Crippen MR) is 63.0 cm³/mol. The van der Waals surface area contributed by atoms with Gasteiger partial charge in [-0.2, -0.15) is 0 Å². The lowest BCUT2D eigenvalue weighted by Crippen LogP contribution is -1.94. The summed E-state index contributed by atoms with van der Waals surface area (Å²) in [4.78, 5) is 10.7. The number of carboxylic acids is 1. The fraction of sp³-hybridized carbons (Fsp3) is 0.231. The van der Waals surface area contributed by atoms with Gasteiger partial charge >= 0.3 is 5.97 Å². The highest BCUT2D eigenvalue weighted by Crippen LogP contribution is 2.26. The Labute approximate surface area is 98.9 Å². The van der Waals surface area contributed by atoms with Gasteiger partial charge in [0.05, 0.1) is 0 Å². The maximum Gasteiger partial charge on any atom is 0.358 e. The molecule has 1 aromatic carbocycles. The van der Waals surface area contributed by atoms with E-state index in [-0.39, 0.29) is 5.69 Å². The van der Waals surface area contributed by atoms with Gasteiger partial charge in [0.15, 0.2) is 11.5 Å². The van der Waals surface area contributed by atoms with Gasteiger partial charge in [-0.15, -0.1) is 0 Å². The zero-order valence-corrected chi connectivity index (χ0v) is 9.73. The molecule has 0 spiro atoms. The topological polar surface area (TPSA) is 63.3 Å². The first-order chi connectivity index (χ1) is 8.11. The van der Waals surface area contributed by atoms with Crippen molar-refractivity contribution in [3.8, 4) is 11.3 Å². The summed E-state index contributed by atoms with van der Waals surface area (Å²) >= 11 is 0. The van der Waals surface area contributed by atoms with Crippen LogP contribution in [-0.4, -0.2) is 16.2 Å². The van der Waals surface area contributed by atoms with Crippen molar-refractivity contribution in [3.63, 3.8) is 0 Å². The summed E-state index contributed by atoms with van der Waals surface area (Å²) in [5, 5.41) is 12.3. The molecule has 2 aromatic rings. The predicted octanol–water partition coefficient (Wildman–Crippen LogP) is 2.91. The molecule has 0 unspecified atom stereocenters. The highest BCUT2D eigenvalue weighted by molar-refractivity contribution is 5.86. The van der Waals surface area contributed by atoms with Gasteiger partial charge in [-0.25, -0.2) is 4.79 Å². The Kier molecular flexibility index (Phi) is 2.95. The summed E-state index contributed by atoms with van der Waals surface area (Å²) in [5.74, 6) is -0.575. The van der Waals surface area contributed by atoms with Crippen molar-refractivity contribution in [1.29, 1.82) is 0 Å². The lowest BCUT2D eigenvalue weighted by atomic mass is 10.0. The van der Waals surface area contributed by atoms with Gasteiger partial charge in [0, 0.05) is 11.6 Å². The molecule has 1 aromatic heterocycles. The van der Waals surface area contributed by atoms with Crippen molar-refractivity contribution in [3.05, 3.63) is 41.1 Å². The number of aromatic nitrogens is 1. The van der Waals surface area contributed by atoms with E-state index < -0.39 is 5.97 Å². The summed E-state index contributed by atoms with van der Waals surface area (Å²) in [5.41, 5.74) is 3.06. The minimum atomic E-state index is -1.08. The third kappa shape index (κ3) is 2.20. The number of aryl methyl sites for hydroxylation is 2. The molecule has 0 aliphatic carbocycles. The molecule has 0 bridgehead atoms. The van der Waals surface area contributed by atoms with Crippen molar-refractivity contribution < 1.29 is 14.4 Å². The zero-order valence-electron chi connectivity index (χ0n) is 9.73. The van der Waals surface area contributed by atoms with Crippen LogP contribution in [-0.2, 0) is 6.42 Å². The molecule has 4 heteroatoms. The summed E-state index contributed by atoms with van der Waals surface area (Å²) in [7, 11) is 0. The van der Waals surface area contributed by atoms with E-state index in [1.807, 2.05) is 32.0 Å². The molecule has 0 amide bonds. The van der Waals surface area contributed by atoms with E-state index in [0.717, 1.165) is 23.1 Å². The molecule has 0 fully saturated rings. The molecule has 1 N–H and O–H groups in total. The number of rotatable bonds is 3. The van der Waals surface area contributed by atoms with Gasteiger partial charge in [0.25, 0.3) is 0 Å². The van der Waals surface area contributed by atoms with Gasteiger partial charge in [-0.05, 0) is 25.0 Å². The van der Waals surface area contributed by atoms with Gasteiger partial charge in [0.2, 0.25) is 0 Å². The third-order valence-electron chi connectivity index (χ3n) is 2.64. The lowest BCUT2D eigenvalue weighted by molar-refractivity contribution is 0.0686. The van der Waals surface area contributed by atoms with Crippen molar-refractivity contribution in [2.24, 2.45) is 0 Å². The number of hydrogen-bond donors (Lipinski definition) is 1. The zero-order chi connectivity index (χ0) is 12.4.